The van der Waals surface area contributed by atoms with Crippen LogP contribution in [0.2, 0.25) is 0 Å². The maximum Gasteiger partial charge on any atom is 0.239 e. The van der Waals surface area contributed by atoms with Gasteiger partial charge in [0.05, 0.1) is 6.04 Å². The van der Waals surface area contributed by atoms with Crippen molar-refractivity contribution < 1.29 is 4.79 Å². The van der Waals surface area contributed by atoms with Crippen LogP contribution < -0.4 is 10.6 Å². The fraction of sp³-hybridized carbons (Fsp3) is 0.909. The van der Waals surface area contributed by atoms with Crippen molar-refractivity contribution in [2.45, 2.75) is 38.3 Å². The number of nitrogens with zero attached hydrogens (tertiary/aromatic N) is 1. The van der Waals surface area contributed by atoms with Crippen LogP contribution in [-0.4, -0.2) is 49.1 Å². The van der Waals surface area contributed by atoms with Gasteiger partial charge < -0.3 is 15.5 Å². The molecule has 1 amide bonds. The molecule has 0 unspecified atom stereocenters. The summed E-state index contributed by atoms with van der Waals surface area (Å²) in [6, 6.07) is 0.523. The molecule has 0 spiro atoms. The highest BCUT2D eigenvalue weighted by molar-refractivity contribution is 5.82. The monoisotopic (exact) mass is 211 g/mol. The summed E-state index contributed by atoms with van der Waals surface area (Å²) in [6.45, 7) is 5.78. The van der Waals surface area contributed by atoms with Crippen molar-refractivity contribution in [1.29, 1.82) is 0 Å². The summed E-state index contributed by atoms with van der Waals surface area (Å²) in [5.74, 6) is 0.308. The highest BCUT2D eigenvalue weighted by atomic mass is 16.2. The quantitative estimate of drug-likeness (QED) is 0.639. The Hall–Kier alpha value is -0.610. The lowest BCUT2D eigenvalue weighted by Gasteiger charge is -2.35. The molecule has 4 heteroatoms. The van der Waals surface area contributed by atoms with Crippen LogP contribution in [0.15, 0.2) is 0 Å². The van der Waals surface area contributed by atoms with Gasteiger partial charge >= 0.3 is 0 Å². The maximum absolute atomic E-state index is 12.1. The van der Waals surface area contributed by atoms with Gasteiger partial charge in [-0.25, -0.2) is 0 Å². The van der Waals surface area contributed by atoms with Gasteiger partial charge in [-0.05, 0) is 26.3 Å². The lowest BCUT2D eigenvalue weighted by Crippen LogP contribution is -2.56. The molecule has 0 bridgehead atoms. The third-order valence-corrected chi connectivity index (χ3v) is 3.29. The number of amides is 1. The van der Waals surface area contributed by atoms with E-state index in [1.54, 1.807) is 0 Å². The Morgan fingerprint density at radius 1 is 1.27 bits per heavy atom. The fourth-order valence-corrected chi connectivity index (χ4v) is 2.42. The summed E-state index contributed by atoms with van der Waals surface area (Å²) in [7, 11) is 0. The summed E-state index contributed by atoms with van der Waals surface area (Å²) < 4.78 is 0. The van der Waals surface area contributed by atoms with Gasteiger partial charge in [0.25, 0.3) is 0 Å². The summed E-state index contributed by atoms with van der Waals surface area (Å²) in [6.07, 6.45) is 3.41. The molecule has 0 aromatic rings. The molecule has 2 aliphatic rings. The molecule has 2 atom stereocenters. The first-order valence-electron chi connectivity index (χ1n) is 6.03. The first kappa shape index (κ1) is 10.9. The molecular formula is C11H21N3O. The molecule has 0 radical (unpaired) electrons. The van der Waals surface area contributed by atoms with E-state index in [9.17, 15) is 4.79 Å². The first-order valence-corrected chi connectivity index (χ1v) is 6.03. The minimum atomic E-state index is 0.0871. The van der Waals surface area contributed by atoms with Gasteiger partial charge in [0.1, 0.15) is 0 Å². The van der Waals surface area contributed by atoms with Crippen LogP contribution in [0, 0.1) is 0 Å². The van der Waals surface area contributed by atoms with E-state index in [1.807, 2.05) is 4.90 Å². The Morgan fingerprint density at radius 3 is 2.80 bits per heavy atom. The second-order valence-corrected chi connectivity index (χ2v) is 4.64. The predicted octanol–water partition coefficient (Wildman–Crippen LogP) is -0.0512. The molecule has 2 saturated heterocycles. The molecule has 2 N–H and O–H groups in total. The van der Waals surface area contributed by atoms with Crippen LogP contribution in [0.25, 0.3) is 0 Å². The third-order valence-electron chi connectivity index (χ3n) is 3.29. The van der Waals surface area contributed by atoms with Crippen LogP contribution in [0.4, 0.5) is 0 Å². The standard InChI is InChI=1S/C11H21N3O/c1-9-8-14(7-6-12-9)11(15)10-4-2-3-5-13-10/h9-10,12-13H,2-8H2,1H3/t9-,10-/m0/s1. The molecule has 0 aromatic heterocycles. The molecular weight excluding hydrogens is 190 g/mol. The van der Waals surface area contributed by atoms with Crippen LogP contribution in [0.1, 0.15) is 26.2 Å². The van der Waals surface area contributed by atoms with Gasteiger partial charge in [0.2, 0.25) is 5.91 Å². The Kier molecular flexibility index (Phi) is 3.59. The Labute approximate surface area is 91.4 Å². The largest absolute Gasteiger partial charge is 0.339 e. The van der Waals surface area contributed by atoms with Crippen LogP contribution in [0.3, 0.4) is 0 Å². The van der Waals surface area contributed by atoms with Crippen molar-refractivity contribution in [3.8, 4) is 0 Å². The van der Waals surface area contributed by atoms with Crippen LogP contribution in [-0.2, 0) is 4.79 Å². The number of nitrogens with one attached hydrogen (secondary N) is 2. The average molecular weight is 211 g/mol. The number of carbonyl (C=O) groups excluding carboxylic acids is 1. The van der Waals surface area contributed by atoms with Crippen LogP contribution in [0.5, 0.6) is 0 Å². The molecule has 4 nitrogen and oxygen atoms in total. The molecule has 15 heavy (non-hydrogen) atoms. The second-order valence-electron chi connectivity index (χ2n) is 4.64. The van der Waals surface area contributed by atoms with Crippen molar-refractivity contribution in [3.05, 3.63) is 0 Å². The minimum Gasteiger partial charge on any atom is -0.339 e. The predicted molar refractivity (Wildman–Crippen MR) is 59.7 cm³/mol. The van der Waals surface area contributed by atoms with Crippen molar-refractivity contribution >= 4 is 5.91 Å². The van der Waals surface area contributed by atoms with E-state index >= 15 is 0 Å². The van der Waals surface area contributed by atoms with Gasteiger partial charge in [-0.15, -0.1) is 0 Å². The Morgan fingerprint density at radius 2 is 2.13 bits per heavy atom. The number of hydrogen-bond donors (Lipinski definition) is 2. The summed E-state index contributed by atoms with van der Waals surface area (Å²) >= 11 is 0. The fourth-order valence-electron chi connectivity index (χ4n) is 2.42. The zero-order valence-electron chi connectivity index (χ0n) is 9.46. The average Bonchev–Trinajstić information content (AvgIpc) is 2.29. The molecule has 0 aromatic carbocycles. The number of carbonyl (C=O) groups is 1. The minimum absolute atomic E-state index is 0.0871. The molecule has 2 fully saturated rings. The molecule has 0 saturated carbocycles. The zero-order chi connectivity index (χ0) is 10.7. The van der Waals surface area contributed by atoms with E-state index in [0.717, 1.165) is 32.6 Å². The molecule has 2 rings (SSSR count). The second kappa shape index (κ2) is 4.94. The van der Waals surface area contributed by atoms with E-state index in [2.05, 4.69) is 17.6 Å². The number of rotatable bonds is 1. The smallest absolute Gasteiger partial charge is 0.239 e. The topological polar surface area (TPSA) is 44.4 Å². The van der Waals surface area contributed by atoms with E-state index in [0.29, 0.717) is 11.9 Å². The number of hydrogen-bond acceptors (Lipinski definition) is 3. The molecule has 2 heterocycles. The third kappa shape index (κ3) is 2.69. The first-order chi connectivity index (χ1) is 7.27. The highest BCUT2D eigenvalue weighted by Gasteiger charge is 2.27. The number of piperidine rings is 1. The van der Waals surface area contributed by atoms with Crippen LogP contribution >= 0.6 is 0 Å². The van der Waals surface area contributed by atoms with Crippen molar-refractivity contribution in [1.82, 2.24) is 15.5 Å². The summed E-state index contributed by atoms with van der Waals surface area (Å²) in [4.78, 5) is 14.1. The van der Waals surface area contributed by atoms with Gasteiger partial charge in [0.15, 0.2) is 0 Å². The van der Waals surface area contributed by atoms with Crippen molar-refractivity contribution in [2.75, 3.05) is 26.2 Å². The zero-order valence-corrected chi connectivity index (χ0v) is 9.46. The van der Waals surface area contributed by atoms with E-state index in [1.165, 1.54) is 12.8 Å². The van der Waals surface area contributed by atoms with Gasteiger partial charge in [-0.3, -0.25) is 4.79 Å². The Bertz CT molecular complexity index is 226. The summed E-state index contributed by atoms with van der Waals surface area (Å²) in [5.41, 5.74) is 0. The highest BCUT2D eigenvalue weighted by Crippen LogP contribution is 2.11. The van der Waals surface area contributed by atoms with Gasteiger partial charge in [0, 0.05) is 25.7 Å². The normalized spacial score (nSPS) is 32.7. The molecule has 86 valence electrons. The molecule has 0 aliphatic carbocycles. The summed E-state index contributed by atoms with van der Waals surface area (Å²) in [5, 5.41) is 6.67. The SMILES string of the molecule is C[C@H]1CN(C(=O)[C@@H]2CCCCN2)CCN1. The van der Waals surface area contributed by atoms with Crippen molar-refractivity contribution in [3.63, 3.8) is 0 Å². The van der Waals surface area contributed by atoms with E-state index in [-0.39, 0.29) is 6.04 Å². The lowest BCUT2D eigenvalue weighted by atomic mass is 10.0. The maximum atomic E-state index is 12.1. The number of piperazine rings is 1. The van der Waals surface area contributed by atoms with E-state index < -0.39 is 0 Å². The van der Waals surface area contributed by atoms with E-state index in [4.69, 9.17) is 0 Å². The van der Waals surface area contributed by atoms with Crippen molar-refractivity contribution in [2.24, 2.45) is 0 Å². The van der Waals surface area contributed by atoms with Gasteiger partial charge in [-0.1, -0.05) is 6.42 Å². The van der Waals surface area contributed by atoms with Gasteiger partial charge in [-0.2, -0.15) is 0 Å². The lowest BCUT2D eigenvalue weighted by molar-refractivity contribution is -0.135. The Balaban J connectivity index is 1.88. The molecule has 2 aliphatic heterocycles.